The van der Waals surface area contributed by atoms with Crippen LogP contribution in [0.4, 0.5) is 0 Å². The molecule has 1 saturated heterocycles. The normalized spacial score (nSPS) is 32.0. The molecule has 0 spiro atoms. The number of hydrogen-bond acceptors (Lipinski definition) is 2. The summed E-state index contributed by atoms with van der Waals surface area (Å²) in [4.78, 5) is 8.50. The molecule has 5 rings (SSSR count). The molecule has 3 atom stereocenters. The van der Waals surface area contributed by atoms with Crippen molar-refractivity contribution in [3.8, 4) is 0 Å². The predicted octanol–water partition coefficient (Wildman–Crippen LogP) is 4.10. The molecule has 2 fully saturated rings. The monoisotopic (exact) mass is 309 g/mol. The highest BCUT2D eigenvalue weighted by Gasteiger charge is 2.49. The van der Waals surface area contributed by atoms with E-state index in [-0.39, 0.29) is 0 Å². The number of imidazole rings is 1. The number of hydrogen-bond donors (Lipinski definition) is 2. The third-order valence-electron chi connectivity index (χ3n) is 6.81. The van der Waals surface area contributed by atoms with Gasteiger partial charge in [0.05, 0.1) is 11.0 Å². The van der Waals surface area contributed by atoms with E-state index in [2.05, 4.69) is 43.2 Å². The van der Waals surface area contributed by atoms with Crippen LogP contribution in [0.15, 0.2) is 12.1 Å². The Morgan fingerprint density at radius 2 is 2.09 bits per heavy atom. The van der Waals surface area contributed by atoms with E-state index in [0.29, 0.717) is 23.3 Å². The van der Waals surface area contributed by atoms with E-state index >= 15 is 0 Å². The molecule has 122 valence electrons. The van der Waals surface area contributed by atoms with E-state index in [1.54, 1.807) is 11.1 Å². The Morgan fingerprint density at radius 3 is 2.83 bits per heavy atom. The molecule has 2 bridgehead atoms. The summed E-state index contributed by atoms with van der Waals surface area (Å²) in [5, 5.41) is 3.84. The summed E-state index contributed by atoms with van der Waals surface area (Å²) in [6.07, 6.45) is 5.01. The highest BCUT2D eigenvalue weighted by molar-refractivity contribution is 5.78. The van der Waals surface area contributed by atoms with Crippen LogP contribution in [-0.4, -0.2) is 22.6 Å². The van der Waals surface area contributed by atoms with Crippen molar-refractivity contribution in [3.63, 3.8) is 0 Å². The van der Waals surface area contributed by atoms with Gasteiger partial charge in [0.2, 0.25) is 0 Å². The first kappa shape index (κ1) is 14.0. The Hall–Kier alpha value is -1.35. The van der Waals surface area contributed by atoms with Crippen molar-refractivity contribution >= 4 is 11.0 Å². The SMILES string of the molecule is CCC1CN[C@@H]2Cc3cc4[nH]c(C5CC5)nc4cc3[C@H]1C2(C)C. The van der Waals surface area contributed by atoms with E-state index in [4.69, 9.17) is 4.98 Å². The van der Waals surface area contributed by atoms with Gasteiger partial charge < -0.3 is 10.3 Å². The number of H-pyrrole nitrogens is 1. The van der Waals surface area contributed by atoms with Crippen LogP contribution >= 0.6 is 0 Å². The minimum absolute atomic E-state index is 0.329. The van der Waals surface area contributed by atoms with Gasteiger partial charge >= 0.3 is 0 Å². The number of piperidine rings is 1. The Bertz CT molecular complexity index is 769. The summed E-state index contributed by atoms with van der Waals surface area (Å²) in [6.45, 7) is 8.44. The minimum atomic E-state index is 0.329. The second-order valence-electron chi connectivity index (χ2n) is 8.60. The van der Waals surface area contributed by atoms with Crippen LogP contribution in [-0.2, 0) is 6.42 Å². The molecule has 23 heavy (non-hydrogen) atoms. The lowest BCUT2D eigenvalue weighted by Crippen LogP contribution is -2.58. The van der Waals surface area contributed by atoms with Gasteiger partial charge in [-0.3, -0.25) is 0 Å². The van der Waals surface area contributed by atoms with Crippen LogP contribution in [0, 0.1) is 11.3 Å². The zero-order valence-corrected chi connectivity index (χ0v) is 14.4. The Morgan fingerprint density at radius 1 is 1.26 bits per heavy atom. The maximum absolute atomic E-state index is 4.92. The van der Waals surface area contributed by atoms with Gasteiger partial charge in [-0.15, -0.1) is 0 Å². The minimum Gasteiger partial charge on any atom is -0.342 e. The molecule has 2 aromatic rings. The topological polar surface area (TPSA) is 40.7 Å². The first-order valence-electron chi connectivity index (χ1n) is 9.33. The van der Waals surface area contributed by atoms with E-state index in [1.807, 2.05) is 0 Å². The van der Waals surface area contributed by atoms with Crippen molar-refractivity contribution in [2.75, 3.05) is 6.54 Å². The van der Waals surface area contributed by atoms with Crippen molar-refractivity contribution < 1.29 is 0 Å². The molecular formula is C20H27N3. The number of benzene rings is 1. The second-order valence-corrected chi connectivity index (χ2v) is 8.60. The Balaban J connectivity index is 1.68. The van der Waals surface area contributed by atoms with Crippen LogP contribution in [0.3, 0.4) is 0 Å². The Labute approximate surface area is 138 Å². The lowest BCUT2D eigenvalue weighted by Gasteiger charge is -2.54. The number of aromatic amines is 1. The fraction of sp³-hybridized carbons (Fsp3) is 0.650. The maximum atomic E-state index is 4.92. The number of nitrogens with zero attached hydrogens (tertiary/aromatic N) is 1. The number of aromatic nitrogens is 2. The summed E-state index contributed by atoms with van der Waals surface area (Å²) < 4.78 is 0. The van der Waals surface area contributed by atoms with Crippen molar-refractivity contribution in [2.24, 2.45) is 11.3 Å². The number of rotatable bonds is 2. The van der Waals surface area contributed by atoms with Gasteiger partial charge in [0.25, 0.3) is 0 Å². The quantitative estimate of drug-likeness (QED) is 0.876. The predicted molar refractivity (Wildman–Crippen MR) is 93.9 cm³/mol. The third kappa shape index (κ3) is 1.95. The number of nitrogens with one attached hydrogen (secondary N) is 2. The van der Waals surface area contributed by atoms with E-state index in [0.717, 1.165) is 12.3 Å². The van der Waals surface area contributed by atoms with Crippen molar-refractivity contribution in [3.05, 3.63) is 29.1 Å². The third-order valence-corrected chi connectivity index (χ3v) is 6.81. The van der Waals surface area contributed by atoms with Crippen LogP contribution < -0.4 is 5.32 Å². The van der Waals surface area contributed by atoms with Gasteiger partial charge in [-0.05, 0) is 66.3 Å². The molecule has 1 aromatic heterocycles. The first-order chi connectivity index (χ1) is 11.1. The summed E-state index contributed by atoms with van der Waals surface area (Å²) in [6, 6.07) is 5.42. The summed E-state index contributed by atoms with van der Waals surface area (Å²) in [5.74, 6) is 3.31. The molecule has 0 amide bonds. The van der Waals surface area contributed by atoms with Crippen molar-refractivity contribution in [1.82, 2.24) is 15.3 Å². The van der Waals surface area contributed by atoms with Crippen molar-refractivity contribution in [1.29, 1.82) is 0 Å². The van der Waals surface area contributed by atoms with Crippen LogP contribution in [0.2, 0.25) is 0 Å². The van der Waals surface area contributed by atoms with Crippen LogP contribution in [0.5, 0.6) is 0 Å². The molecule has 1 unspecified atom stereocenters. The molecule has 0 radical (unpaired) electrons. The highest BCUT2D eigenvalue weighted by Crippen LogP contribution is 2.52. The lowest BCUT2D eigenvalue weighted by molar-refractivity contribution is 0.0801. The summed E-state index contributed by atoms with van der Waals surface area (Å²) in [7, 11) is 0. The maximum Gasteiger partial charge on any atom is 0.110 e. The molecular weight excluding hydrogens is 282 g/mol. The fourth-order valence-electron chi connectivity index (χ4n) is 5.24. The second kappa shape index (κ2) is 4.60. The average Bonchev–Trinajstić information content (AvgIpc) is 3.26. The van der Waals surface area contributed by atoms with Gasteiger partial charge in [0.15, 0.2) is 0 Å². The summed E-state index contributed by atoms with van der Waals surface area (Å²) in [5.41, 5.74) is 5.89. The smallest absolute Gasteiger partial charge is 0.110 e. The van der Waals surface area contributed by atoms with E-state index < -0.39 is 0 Å². The van der Waals surface area contributed by atoms with Gasteiger partial charge in [-0.25, -0.2) is 4.98 Å². The molecule has 1 aliphatic heterocycles. The van der Waals surface area contributed by atoms with E-state index in [1.165, 1.54) is 42.7 Å². The van der Waals surface area contributed by atoms with Gasteiger partial charge in [-0.1, -0.05) is 27.2 Å². The Kier molecular flexibility index (Phi) is 2.80. The molecule has 2 N–H and O–H groups in total. The lowest BCUT2D eigenvalue weighted by atomic mass is 9.56. The van der Waals surface area contributed by atoms with E-state index in [9.17, 15) is 0 Å². The summed E-state index contributed by atoms with van der Waals surface area (Å²) >= 11 is 0. The molecule has 2 aliphatic carbocycles. The molecule has 3 nitrogen and oxygen atoms in total. The molecule has 2 heterocycles. The van der Waals surface area contributed by atoms with Crippen LogP contribution in [0.1, 0.15) is 68.8 Å². The van der Waals surface area contributed by atoms with Crippen molar-refractivity contribution in [2.45, 2.75) is 64.3 Å². The molecule has 3 heteroatoms. The van der Waals surface area contributed by atoms with Gasteiger partial charge in [-0.2, -0.15) is 0 Å². The number of fused-ring (bicyclic) bond motifs is 5. The fourth-order valence-corrected chi connectivity index (χ4v) is 5.24. The zero-order valence-electron chi connectivity index (χ0n) is 14.4. The largest absolute Gasteiger partial charge is 0.342 e. The zero-order chi connectivity index (χ0) is 15.8. The van der Waals surface area contributed by atoms with Gasteiger partial charge in [0.1, 0.15) is 5.82 Å². The first-order valence-corrected chi connectivity index (χ1v) is 9.33. The van der Waals surface area contributed by atoms with Crippen LogP contribution in [0.25, 0.3) is 11.0 Å². The molecule has 1 aromatic carbocycles. The highest BCUT2D eigenvalue weighted by atomic mass is 15.0. The average molecular weight is 309 g/mol. The van der Waals surface area contributed by atoms with Gasteiger partial charge in [0, 0.05) is 12.0 Å². The standard InChI is InChI=1S/C20H27N3/c1-4-11-10-21-17-8-13-7-15-16(23-19(22-15)12-5-6-12)9-14(13)18(11)20(17,2)3/h7,9,11-12,17-18,21H,4-6,8,10H2,1-3H3,(H,22,23)/t11?,17-,18+/m1/s1. The molecule has 1 saturated carbocycles. The molecule has 3 aliphatic rings.